The van der Waals surface area contributed by atoms with Gasteiger partial charge in [0.15, 0.2) is 0 Å². The molecule has 0 saturated heterocycles. The minimum absolute atomic E-state index is 0.0815. The Labute approximate surface area is 142 Å². The zero-order chi connectivity index (χ0) is 17.2. The van der Waals surface area contributed by atoms with Crippen LogP contribution >= 0.6 is 11.6 Å². The number of aliphatic hydroxyl groups excluding tert-OH is 2. The predicted octanol–water partition coefficient (Wildman–Crippen LogP) is 2.31. The van der Waals surface area contributed by atoms with Crippen molar-refractivity contribution >= 4 is 22.7 Å². The predicted molar refractivity (Wildman–Crippen MR) is 88.4 cm³/mol. The quantitative estimate of drug-likeness (QED) is 0.801. The zero-order valence-corrected chi connectivity index (χ0v) is 14.1. The Kier molecular flexibility index (Phi) is 8.83. The van der Waals surface area contributed by atoms with Gasteiger partial charge in [-0.25, -0.2) is 0 Å². The van der Waals surface area contributed by atoms with Crippen molar-refractivity contribution in [2.75, 3.05) is 13.2 Å². The van der Waals surface area contributed by atoms with Crippen LogP contribution in [0.2, 0.25) is 5.02 Å². The number of ether oxygens (including phenoxy) is 1. The lowest BCUT2D eigenvalue weighted by molar-refractivity contribution is 0.0536. The Morgan fingerprint density at radius 3 is 2.22 bits per heavy atom. The van der Waals surface area contributed by atoms with Crippen molar-refractivity contribution in [2.24, 2.45) is 0 Å². The van der Waals surface area contributed by atoms with E-state index in [9.17, 15) is 8.76 Å². The van der Waals surface area contributed by atoms with Gasteiger partial charge in [-0.1, -0.05) is 29.3 Å². The van der Waals surface area contributed by atoms with Crippen molar-refractivity contribution in [1.82, 2.24) is 0 Å². The number of benzene rings is 2. The standard InChI is InChI=1S/C9H11ClO3.C7H8O2S/c10-7-1-3-9(4-2-7)13-6-8(12)5-11;1-6-2-4-7(5-3-6)10(8)9/h1-4,8,11-12H,5-6H2;2-5H,1H3,(H,8,9)/p-1/t8-;/m1./s1. The largest absolute Gasteiger partial charge is 0.768 e. The van der Waals surface area contributed by atoms with E-state index in [1.54, 1.807) is 48.5 Å². The Morgan fingerprint density at radius 2 is 1.74 bits per heavy atom. The van der Waals surface area contributed by atoms with Gasteiger partial charge in [-0.15, -0.1) is 0 Å². The molecule has 1 unspecified atom stereocenters. The molecule has 0 aliphatic heterocycles. The fourth-order valence-electron chi connectivity index (χ4n) is 1.43. The highest BCUT2D eigenvalue weighted by atomic mass is 35.5. The number of hydrogen-bond donors (Lipinski definition) is 2. The van der Waals surface area contributed by atoms with Crippen molar-refractivity contribution < 1.29 is 23.7 Å². The van der Waals surface area contributed by atoms with Gasteiger partial charge in [-0.3, -0.25) is 4.21 Å². The van der Waals surface area contributed by atoms with Crippen molar-refractivity contribution in [2.45, 2.75) is 17.9 Å². The average Bonchev–Trinajstić information content (AvgIpc) is 2.55. The Hall–Kier alpha value is -1.44. The van der Waals surface area contributed by atoms with Crippen LogP contribution in [-0.4, -0.2) is 38.3 Å². The summed E-state index contributed by atoms with van der Waals surface area (Å²) in [6, 6.07) is 13.5. The van der Waals surface area contributed by atoms with Gasteiger partial charge in [0, 0.05) is 9.92 Å². The number of halogens is 1. The molecule has 23 heavy (non-hydrogen) atoms. The van der Waals surface area contributed by atoms with E-state index in [1.165, 1.54) is 0 Å². The second-order valence-corrected chi connectivity index (χ2v) is 6.03. The van der Waals surface area contributed by atoms with Crippen LogP contribution in [0.25, 0.3) is 0 Å². The van der Waals surface area contributed by atoms with E-state index in [2.05, 4.69) is 0 Å². The average molecular weight is 358 g/mol. The van der Waals surface area contributed by atoms with Crippen LogP contribution in [0.4, 0.5) is 0 Å². The van der Waals surface area contributed by atoms with E-state index >= 15 is 0 Å². The fourth-order valence-corrected chi connectivity index (χ4v) is 1.91. The van der Waals surface area contributed by atoms with Gasteiger partial charge in [-0.05, 0) is 54.4 Å². The summed E-state index contributed by atoms with van der Waals surface area (Å²) in [5.41, 5.74) is 1.06. The first-order chi connectivity index (χ1) is 10.9. The molecule has 2 aromatic carbocycles. The minimum atomic E-state index is -2.09. The highest BCUT2D eigenvalue weighted by Gasteiger charge is 2.02. The summed E-state index contributed by atoms with van der Waals surface area (Å²) in [6.45, 7) is 1.70. The molecule has 0 radical (unpaired) electrons. The summed E-state index contributed by atoms with van der Waals surface area (Å²) in [6.07, 6.45) is -0.837. The lowest BCUT2D eigenvalue weighted by atomic mass is 10.2. The molecule has 0 heterocycles. The topological polar surface area (TPSA) is 89.8 Å². The van der Waals surface area contributed by atoms with E-state index in [4.69, 9.17) is 26.6 Å². The molecule has 0 aliphatic carbocycles. The van der Waals surface area contributed by atoms with Crippen LogP contribution in [0, 0.1) is 6.92 Å². The molecule has 2 rings (SSSR count). The first-order valence-electron chi connectivity index (χ1n) is 6.75. The van der Waals surface area contributed by atoms with Crippen molar-refractivity contribution in [3.05, 3.63) is 59.1 Å². The highest BCUT2D eigenvalue weighted by Crippen LogP contribution is 2.15. The van der Waals surface area contributed by atoms with E-state index in [0.29, 0.717) is 15.7 Å². The molecule has 0 aliphatic rings. The smallest absolute Gasteiger partial charge is 0.119 e. The second kappa shape index (κ2) is 10.4. The van der Waals surface area contributed by atoms with Crippen LogP contribution in [0.3, 0.4) is 0 Å². The minimum Gasteiger partial charge on any atom is -0.768 e. The molecular formula is C16H18ClO5S-. The third kappa shape index (κ3) is 8.11. The molecular weight excluding hydrogens is 340 g/mol. The zero-order valence-electron chi connectivity index (χ0n) is 12.5. The third-order valence-electron chi connectivity index (χ3n) is 2.68. The normalized spacial score (nSPS) is 12.7. The summed E-state index contributed by atoms with van der Waals surface area (Å²) < 4.78 is 25.8. The van der Waals surface area contributed by atoms with E-state index in [0.717, 1.165) is 5.56 Å². The van der Waals surface area contributed by atoms with Gasteiger partial charge >= 0.3 is 0 Å². The fraction of sp³-hybridized carbons (Fsp3) is 0.250. The Balaban J connectivity index is 0.000000238. The van der Waals surface area contributed by atoms with Gasteiger partial charge in [0.2, 0.25) is 0 Å². The summed E-state index contributed by atoms with van der Waals surface area (Å²) in [5, 5.41) is 18.1. The molecule has 0 amide bonds. The van der Waals surface area contributed by atoms with E-state index in [-0.39, 0.29) is 13.2 Å². The lowest BCUT2D eigenvalue weighted by Gasteiger charge is -2.09. The molecule has 2 aromatic rings. The number of aryl methyl sites for hydroxylation is 1. The molecule has 126 valence electrons. The molecule has 5 nitrogen and oxygen atoms in total. The van der Waals surface area contributed by atoms with Crippen LogP contribution in [0.1, 0.15) is 5.56 Å². The van der Waals surface area contributed by atoms with Crippen molar-refractivity contribution in [3.63, 3.8) is 0 Å². The first-order valence-corrected chi connectivity index (χ1v) is 8.21. The number of rotatable bonds is 5. The van der Waals surface area contributed by atoms with Gasteiger partial charge in [-0.2, -0.15) is 0 Å². The van der Waals surface area contributed by atoms with E-state index in [1.807, 2.05) is 6.92 Å². The maximum atomic E-state index is 10.3. The van der Waals surface area contributed by atoms with Gasteiger partial charge < -0.3 is 19.5 Å². The number of aliphatic hydroxyl groups is 2. The van der Waals surface area contributed by atoms with Crippen molar-refractivity contribution in [3.8, 4) is 5.75 Å². The van der Waals surface area contributed by atoms with E-state index < -0.39 is 17.2 Å². The molecule has 2 atom stereocenters. The molecule has 0 spiro atoms. The molecule has 0 fully saturated rings. The van der Waals surface area contributed by atoms with Crippen LogP contribution in [-0.2, 0) is 11.1 Å². The Bertz CT molecular complexity index is 601. The van der Waals surface area contributed by atoms with Gasteiger partial charge in [0.1, 0.15) is 18.5 Å². The molecule has 7 heteroatoms. The van der Waals surface area contributed by atoms with Gasteiger partial charge in [0.05, 0.1) is 6.61 Å². The first kappa shape index (κ1) is 19.6. The maximum absolute atomic E-state index is 10.3. The second-order valence-electron chi connectivity index (χ2n) is 4.65. The summed E-state index contributed by atoms with van der Waals surface area (Å²) >= 11 is 3.57. The number of hydrogen-bond acceptors (Lipinski definition) is 5. The SMILES string of the molecule is Cc1ccc(S(=O)[O-])cc1.OC[C@@H](O)COc1ccc(Cl)cc1. The third-order valence-corrected chi connectivity index (χ3v) is 3.59. The van der Waals surface area contributed by atoms with Crippen LogP contribution in [0.5, 0.6) is 5.75 Å². The maximum Gasteiger partial charge on any atom is 0.119 e. The molecule has 0 bridgehead atoms. The summed E-state index contributed by atoms with van der Waals surface area (Å²) in [5.74, 6) is 0.622. The highest BCUT2D eigenvalue weighted by molar-refractivity contribution is 7.79. The summed E-state index contributed by atoms with van der Waals surface area (Å²) in [4.78, 5) is 0.339. The molecule has 2 N–H and O–H groups in total. The monoisotopic (exact) mass is 357 g/mol. The Morgan fingerprint density at radius 1 is 1.17 bits per heavy atom. The van der Waals surface area contributed by atoms with Crippen LogP contribution in [0.15, 0.2) is 53.4 Å². The molecule has 0 saturated carbocycles. The van der Waals surface area contributed by atoms with Gasteiger partial charge in [0.25, 0.3) is 0 Å². The van der Waals surface area contributed by atoms with Crippen LogP contribution < -0.4 is 4.74 Å². The summed E-state index contributed by atoms with van der Waals surface area (Å²) in [7, 11) is 0. The molecule has 0 aromatic heterocycles. The lowest BCUT2D eigenvalue weighted by Crippen LogP contribution is -2.21. The van der Waals surface area contributed by atoms with Crippen molar-refractivity contribution in [1.29, 1.82) is 0 Å².